The summed E-state index contributed by atoms with van der Waals surface area (Å²) in [5.41, 5.74) is 0.543. The van der Waals surface area contributed by atoms with Crippen LogP contribution in [0.2, 0.25) is 0 Å². The molecule has 2 rings (SSSR count). The van der Waals surface area contributed by atoms with E-state index < -0.39 is 10.8 Å². The number of nitrogens with zero attached hydrogens (tertiary/aromatic N) is 3. The van der Waals surface area contributed by atoms with Crippen LogP contribution in [0.5, 0.6) is 5.75 Å². The number of nitrogens with one attached hydrogen (secondary N) is 1. The van der Waals surface area contributed by atoms with Crippen molar-refractivity contribution in [2.24, 2.45) is 10.9 Å². The van der Waals surface area contributed by atoms with Crippen LogP contribution in [-0.2, 0) is 4.79 Å². The molecule has 0 spiro atoms. The fraction of sp³-hybridized carbons (Fsp3) is 0.412. The summed E-state index contributed by atoms with van der Waals surface area (Å²) in [5, 5.41) is 18.0. The Morgan fingerprint density at radius 1 is 1.24 bits per heavy atom. The average Bonchev–Trinajstić information content (AvgIpc) is 2.54. The molecule has 1 heterocycles. The molecule has 0 fully saturated rings. The van der Waals surface area contributed by atoms with E-state index in [0.717, 1.165) is 0 Å². The zero-order chi connectivity index (χ0) is 18.6. The number of carbonyl (C=O) groups is 1. The fourth-order valence-corrected chi connectivity index (χ4v) is 2.07. The van der Waals surface area contributed by atoms with Crippen LogP contribution in [0.1, 0.15) is 33.3 Å². The third kappa shape index (κ3) is 5.03. The molecule has 1 aliphatic heterocycles. The number of amides is 1. The zero-order valence-electron chi connectivity index (χ0n) is 14.6. The first-order chi connectivity index (χ1) is 11.8. The minimum Gasteiger partial charge on any atom is -0.493 e. The van der Waals surface area contributed by atoms with E-state index in [9.17, 15) is 14.9 Å². The van der Waals surface area contributed by atoms with Gasteiger partial charge >= 0.3 is 5.91 Å². The van der Waals surface area contributed by atoms with E-state index in [4.69, 9.17) is 4.74 Å². The molecule has 1 aromatic rings. The Bertz CT molecular complexity index is 738. The van der Waals surface area contributed by atoms with Crippen molar-refractivity contribution in [2.75, 3.05) is 6.61 Å². The quantitative estimate of drug-likeness (QED) is 0.629. The van der Waals surface area contributed by atoms with E-state index >= 15 is 0 Å². The van der Waals surface area contributed by atoms with Crippen molar-refractivity contribution in [3.8, 4) is 5.75 Å². The molecule has 1 amide bonds. The number of non-ortho nitro benzene ring substituents is 1. The van der Waals surface area contributed by atoms with E-state index in [1.807, 2.05) is 27.7 Å². The highest BCUT2D eigenvalue weighted by Gasteiger charge is 2.22. The Morgan fingerprint density at radius 3 is 2.52 bits per heavy atom. The minimum atomic E-state index is -0.512. The standard InChI is InChI=1S/C17H21N4O4/c1-10(2)9-25-14-6-12(5-13(7-14)21(23)24)15-8-18-16(17(22)20-15)19-11(3)4/h5-8,10-11H,9H2,1-4H3,(H,18,19). The van der Waals surface area contributed by atoms with Crippen LogP contribution in [0.4, 0.5) is 5.69 Å². The van der Waals surface area contributed by atoms with Crippen LogP contribution >= 0.6 is 0 Å². The van der Waals surface area contributed by atoms with E-state index in [1.54, 1.807) is 6.07 Å². The van der Waals surface area contributed by atoms with Gasteiger partial charge in [0.05, 0.1) is 29.5 Å². The average molecular weight is 345 g/mol. The summed E-state index contributed by atoms with van der Waals surface area (Å²) in [5.74, 6) is 0.275. The minimum absolute atomic E-state index is 0.0432. The van der Waals surface area contributed by atoms with Crippen LogP contribution in [-0.4, -0.2) is 29.3 Å². The summed E-state index contributed by atoms with van der Waals surface area (Å²) in [4.78, 5) is 26.8. The molecule has 8 nitrogen and oxygen atoms in total. The zero-order valence-corrected chi connectivity index (χ0v) is 14.6. The molecule has 0 aliphatic carbocycles. The maximum atomic E-state index is 12.1. The SMILES string of the molecule is CC(C)COc1cc(C2=CN=C(NC(C)C)C(=O)[N]2)cc([N+](=O)[O-])c1. The lowest BCUT2D eigenvalue weighted by atomic mass is 10.1. The van der Waals surface area contributed by atoms with Gasteiger partial charge in [-0.3, -0.25) is 14.9 Å². The number of rotatable bonds is 6. The van der Waals surface area contributed by atoms with Crippen LogP contribution in [0, 0.1) is 16.0 Å². The van der Waals surface area contributed by atoms with Crippen molar-refractivity contribution in [1.82, 2.24) is 10.6 Å². The number of hydrogen-bond acceptors (Lipinski definition) is 6. The van der Waals surface area contributed by atoms with Crippen molar-refractivity contribution >= 4 is 23.1 Å². The predicted molar refractivity (Wildman–Crippen MR) is 94.3 cm³/mol. The van der Waals surface area contributed by atoms with E-state index in [0.29, 0.717) is 17.9 Å². The highest BCUT2D eigenvalue weighted by Crippen LogP contribution is 2.28. The van der Waals surface area contributed by atoms with Gasteiger partial charge in [0, 0.05) is 17.7 Å². The fourth-order valence-electron chi connectivity index (χ4n) is 2.07. The molecule has 0 saturated heterocycles. The Labute approximate surface area is 146 Å². The normalized spacial score (nSPS) is 14.1. The number of nitro groups is 1. The van der Waals surface area contributed by atoms with Crippen LogP contribution in [0.3, 0.4) is 0 Å². The van der Waals surface area contributed by atoms with Crippen LogP contribution in [0.15, 0.2) is 29.4 Å². The van der Waals surface area contributed by atoms with Gasteiger partial charge in [0.1, 0.15) is 5.75 Å². The molecule has 8 heteroatoms. The predicted octanol–water partition coefficient (Wildman–Crippen LogP) is 2.47. The van der Waals surface area contributed by atoms with E-state index in [-0.39, 0.29) is 29.2 Å². The number of nitro benzene ring substituents is 1. The summed E-state index contributed by atoms with van der Waals surface area (Å²) in [7, 11) is 0. The molecular formula is C17H21N4O4. The summed E-state index contributed by atoms with van der Waals surface area (Å²) in [6, 6.07) is 4.36. The molecule has 1 N–H and O–H groups in total. The number of hydrogen-bond donors (Lipinski definition) is 1. The van der Waals surface area contributed by atoms with Gasteiger partial charge in [0.15, 0.2) is 5.84 Å². The van der Waals surface area contributed by atoms with Gasteiger partial charge in [0.2, 0.25) is 0 Å². The maximum Gasteiger partial charge on any atom is 0.313 e. The Balaban J connectivity index is 2.34. The third-order valence-electron chi connectivity index (χ3n) is 3.15. The Hall–Kier alpha value is -2.90. The van der Waals surface area contributed by atoms with Gasteiger partial charge in [-0.05, 0) is 25.8 Å². The van der Waals surface area contributed by atoms with Gasteiger partial charge < -0.3 is 10.1 Å². The summed E-state index contributed by atoms with van der Waals surface area (Å²) < 4.78 is 5.58. The molecule has 1 radical (unpaired) electrons. The summed E-state index contributed by atoms with van der Waals surface area (Å²) in [6.45, 7) is 8.15. The van der Waals surface area contributed by atoms with E-state index in [2.05, 4.69) is 15.6 Å². The topological polar surface area (TPSA) is 108 Å². The first-order valence-electron chi connectivity index (χ1n) is 7.99. The lowest BCUT2D eigenvalue weighted by Gasteiger charge is -2.16. The number of amidine groups is 1. The first-order valence-corrected chi connectivity index (χ1v) is 7.99. The number of benzene rings is 1. The number of aliphatic imine (C=N–C) groups is 1. The Kier molecular flexibility index (Phi) is 5.74. The summed E-state index contributed by atoms with van der Waals surface area (Å²) in [6.07, 6.45) is 1.41. The molecule has 0 aromatic heterocycles. The second kappa shape index (κ2) is 7.78. The third-order valence-corrected chi connectivity index (χ3v) is 3.15. The van der Waals surface area contributed by atoms with Crippen LogP contribution in [0.25, 0.3) is 5.70 Å². The highest BCUT2D eigenvalue weighted by atomic mass is 16.6. The first kappa shape index (κ1) is 18.4. The van der Waals surface area contributed by atoms with Crippen molar-refractivity contribution in [2.45, 2.75) is 33.7 Å². The second-order valence-electron chi connectivity index (χ2n) is 6.39. The summed E-state index contributed by atoms with van der Waals surface area (Å²) >= 11 is 0. The van der Waals surface area contributed by atoms with Gasteiger partial charge in [-0.2, -0.15) is 0 Å². The van der Waals surface area contributed by atoms with Gasteiger partial charge in [-0.25, -0.2) is 10.3 Å². The van der Waals surface area contributed by atoms with Gasteiger partial charge in [-0.1, -0.05) is 13.8 Å². The molecule has 0 bridgehead atoms. The molecular weight excluding hydrogens is 324 g/mol. The maximum absolute atomic E-state index is 12.1. The second-order valence-corrected chi connectivity index (χ2v) is 6.39. The largest absolute Gasteiger partial charge is 0.493 e. The Morgan fingerprint density at radius 2 is 1.96 bits per heavy atom. The monoisotopic (exact) mass is 345 g/mol. The number of carbonyl (C=O) groups excluding carboxylic acids is 1. The van der Waals surface area contributed by atoms with Crippen LogP contribution < -0.4 is 15.4 Å². The molecule has 0 atom stereocenters. The van der Waals surface area contributed by atoms with Gasteiger partial charge in [0.25, 0.3) is 5.69 Å². The van der Waals surface area contributed by atoms with E-state index in [1.165, 1.54) is 18.3 Å². The highest BCUT2D eigenvalue weighted by molar-refractivity contribution is 6.40. The molecule has 25 heavy (non-hydrogen) atoms. The van der Waals surface area contributed by atoms with Crippen molar-refractivity contribution in [1.29, 1.82) is 0 Å². The molecule has 133 valence electrons. The van der Waals surface area contributed by atoms with Crippen molar-refractivity contribution in [3.05, 3.63) is 40.1 Å². The molecule has 0 saturated carbocycles. The van der Waals surface area contributed by atoms with Crippen molar-refractivity contribution in [3.63, 3.8) is 0 Å². The van der Waals surface area contributed by atoms with Crippen molar-refractivity contribution < 1.29 is 14.5 Å². The molecule has 0 unspecified atom stereocenters. The molecule has 1 aromatic carbocycles. The molecule has 1 aliphatic rings. The lowest BCUT2D eigenvalue weighted by molar-refractivity contribution is -0.385. The lowest BCUT2D eigenvalue weighted by Crippen LogP contribution is -2.41. The van der Waals surface area contributed by atoms with Gasteiger partial charge in [-0.15, -0.1) is 0 Å². The number of ether oxygens (including phenoxy) is 1. The smallest absolute Gasteiger partial charge is 0.313 e.